The Morgan fingerprint density at radius 2 is 1.91 bits per heavy atom. The maximum atomic E-state index is 12.0. The molecule has 1 aromatic carbocycles. The molecule has 0 heterocycles. The van der Waals surface area contributed by atoms with E-state index in [1.165, 1.54) is 7.05 Å². The SMILES string of the molecule is CC(C)N(C)S(=O)(=O)N[C@H](COCc1ccccc1)C(=O)O. The van der Waals surface area contributed by atoms with E-state index < -0.39 is 22.2 Å². The van der Waals surface area contributed by atoms with Crippen molar-refractivity contribution < 1.29 is 23.1 Å². The maximum Gasteiger partial charge on any atom is 0.324 e. The molecule has 0 saturated carbocycles. The molecule has 0 aliphatic carbocycles. The van der Waals surface area contributed by atoms with E-state index in [-0.39, 0.29) is 19.3 Å². The monoisotopic (exact) mass is 330 g/mol. The quantitative estimate of drug-likeness (QED) is 0.699. The molecule has 0 saturated heterocycles. The molecule has 0 spiro atoms. The Labute approximate surface area is 131 Å². The van der Waals surface area contributed by atoms with Crippen LogP contribution in [0.4, 0.5) is 0 Å². The van der Waals surface area contributed by atoms with Crippen molar-refractivity contribution in [2.45, 2.75) is 32.5 Å². The van der Waals surface area contributed by atoms with Crippen molar-refractivity contribution in [3.05, 3.63) is 35.9 Å². The molecule has 0 aliphatic heterocycles. The molecule has 0 radical (unpaired) electrons. The van der Waals surface area contributed by atoms with Crippen LogP contribution < -0.4 is 4.72 Å². The van der Waals surface area contributed by atoms with Crippen LogP contribution in [-0.2, 0) is 26.3 Å². The fourth-order valence-electron chi connectivity index (χ4n) is 1.57. The Morgan fingerprint density at radius 3 is 2.41 bits per heavy atom. The van der Waals surface area contributed by atoms with Crippen LogP contribution in [0.15, 0.2) is 30.3 Å². The van der Waals surface area contributed by atoms with Crippen molar-refractivity contribution in [3.8, 4) is 0 Å². The highest BCUT2D eigenvalue weighted by molar-refractivity contribution is 7.87. The zero-order valence-corrected chi connectivity index (χ0v) is 13.7. The molecule has 1 rings (SSSR count). The van der Waals surface area contributed by atoms with Gasteiger partial charge in [-0.25, -0.2) is 0 Å². The summed E-state index contributed by atoms with van der Waals surface area (Å²) in [6, 6.07) is 7.60. The number of rotatable bonds is 9. The first-order valence-corrected chi connectivity index (χ1v) is 8.28. The Morgan fingerprint density at radius 1 is 1.32 bits per heavy atom. The van der Waals surface area contributed by atoms with Gasteiger partial charge in [0, 0.05) is 13.1 Å². The fraction of sp³-hybridized carbons (Fsp3) is 0.500. The van der Waals surface area contributed by atoms with E-state index in [1.54, 1.807) is 13.8 Å². The van der Waals surface area contributed by atoms with Gasteiger partial charge in [0.05, 0.1) is 13.2 Å². The third-order valence-corrected chi connectivity index (χ3v) is 4.85. The first kappa shape index (κ1) is 18.6. The third-order valence-electron chi connectivity index (χ3n) is 3.09. The molecule has 124 valence electrons. The lowest BCUT2D eigenvalue weighted by molar-refractivity contribution is -0.140. The van der Waals surface area contributed by atoms with Crippen molar-refractivity contribution in [2.24, 2.45) is 0 Å². The van der Waals surface area contributed by atoms with Gasteiger partial charge in [-0.3, -0.25) is 4.79 Å². The summed E-state index contributed by atoms with van der Waals surface area (Å²) in [5.41, 5.74) is 0.883. The van der Waals surface area contributed by atoms with Gasteiger partial charge in [0.15, 0.2) is 0 Å². The summed E-state index contributed by atoms with van der Waals surface area (Å²) in [6.45, 7) is 3.35. The van der Waals surface area contributed by atoms with Crippen LogP contribution in [0.1, 0.15) is 19.4 Å². The first-order valence-electron chi connectivity index (χ1n) is 6.84. The van der Waals surface area contributed by atoms with Crippen LogP contribution in [0.2, 0.25) is 0 Å². The Kier molecular flexibility index (Phi) is 6.95. The lowest BCUT2D eigenvalue weighted by Crippen LogP contribution is -2.50. The number of ether oxygens (including phenoxy) is 1. The summed E-state index contributed by atoms with van der Waals surface area (Å²) in [7, 11) is -2.49. The topological polar surface area (TPSA) is 95.9 Å². The molecule has 2 N–H and O–H groups in total. The highest BCUT2D eigenvalue weighted by Gasteiger charge is 2.28. The van der Waals surface area contributed by atoms with Crippen LogP contribution >= 0.6 is 0 Å². The lowest BCUT2D eigenvalue weighted by Gasteiger charge is -2.23. The zero-order valence-electron chi connectivity index (χ0n) is 12.9. The number of hydrogen-bond donors (Lipinski definition) is 2. The van der Waals surface area contributed by atoms with Gasteiger partial charge < -0.3 is 9.84 Å². The first-order chi connectivity index (χ1) is 10.2. The number of nitrogens with one attached hydrogen (secondary N) is 1. The number of nitrogens with zero attached hydrogens (tertiary/aromatic N) is 1. The second-order valence-corrected chi connectivity index (χ2v) is 6.89. The van der Waals surface area contributed by atoms with Crippen molar-refractivity contribution in [1.82, 2.24) is 9.03 Å². The van der Waals surface area contributed by atoms with E-state index in [0.717, 1.165) is 9.87 Å². The Hall–Kier alpha value is -1.48. The number of hydrogen-bond acceptors (Lipinski definition) is 4. The zero-order chi connectivity index (χ0) is 16.8. The molecular formula is C14H22N2O5S. The predicted molar refractivity (Wildman–Crippen MR) is 82.5 cm³/mol. The predicted octanol–water partition coefficient (Wildman–Crippen LogP) is 0.831. The van der Waals surface area contributed by atoms with Crippen LogP contribution in [0, 0.1) is 0 Å². The van der Waals surface area contributed by atoms with Gasteiger partial charge in [-0.05, 0) is 19.4 Å². The van der Waals surface area contributed by atoms with Crippen LogP contribution in [-0.4, -0.2) is 49.5 Å². The van der Waals surface area contributed by atoms with Crippen molar-refractivity contribution >= 4 is 16.2 Å². The summed E-state index contributed by atoms with van der Waals surface area (Å²) in [4.78, 5) is 11.2. The van der Waals surface area contributed by atoms with E-state index in [1.807, 2.05) is 30.3 Å². The minimum atomic E-state index is -3.88. The molecule has 22 heavy (non-hydrogen) atoms. The fourth-order valence-corrected chi connectivity index (χ4v) is 2.81. The molecule has 0 aliphatic rings. The second kappa shape index (κ2) is 8.23. The van der Waals surface area contributed by atoms with E-state index in [0.29, 0.717) is 0 Å². The number of carboxylic acids is 1. The van der Waals surface area contributed by atoms with Crippen molar-refractivity contribution in [2.75, 3.05) is 13.7 Å². The second-order valence-electron chi connectivity index (χ2n) is 5.12. The molecule has 0 amide bonds. The smallest absolute Gasteiger partial charge is 0.324 e. The standard InChI is InChI=1S/C14H22N2O5S/c1-11(2)16(3)22(19,20)15-13(14(17)18)10-21-9-12-7-5-4-6-8-12/h4-8,11,13,15H,9-10H2,1-3H3,(H,17,18)/t13-/m1/s1. The third kappa shape index (κ3) is 5.72. The summed E-state index contributed by atoms with van der Waals surface area (Å²) >= 11 is 0. The summed E-state index contributed by atoms with van der Waals surface area (Å²) in [5, 5.41) is 9.13. The molecule has 0 fully saturated rings. The largest absolute Gasteiger partial charge is 0.480 e. The van der Waals surface area contributed by atoms with Crippen molar-refractivity contribution in [1.29, 1.82) is 0 Å². The molecule has 1 atom stereocenters. The maximum absolute atomic E-state index is 12.0. The van der Waals surface area contributed by atoms with Crippen LogP contribution in [0.5, 0.6) is 0 Å². The van der Waals surface area contributed by atoms with Crippen molar-refractivity contribution in [3.63, 3.8) is 0 Å². The van der Waals surface area contributed by atoms with E-state index in [9.17, 15) is 13.2 Å². The number of benzene rings is 1. The molecule has 1 aromatic rings. The van der Waals surface area contributed by atoms with Crippen LogP contribution in [0.3, 0.4) is 0 Å². The minimum Gasteiger partial charge on any atom is -0.480 e. The minimum absolute atomic E-state index is 0.215. The normalized spacial score (nSPS) is 13.5. The van der Waals surface area contributed by atoms with E-state index in [2.05, 4.69) is 4.72 Å². The molecule has 0 bridgehead atoms. The molecule has 0 aromatic heterocycles. The summed E-state index contributed by atoms with van der Waals surface area (Å²) in [5.74, 6) is -1.28. The average molecular weight is 330 g/mol. The number of aliphatic carboxylic acids is 1. The number of carboxylic acid groups (broad SMARTS) is 1. The van der Waals surface area contributed by atoms with Gasteiger partial charge >= 0.3 is 5.97 Å². The number of carbonyl (C=O) groups is 1. The highest BCUT2D eigenvalue weighted by atomic mass is 32.2. The molecule has 7 nitrogen and oxygen atoms in total. The van der Waals surface area contributed by atoms with Gasteiger partial charge in [0.1, 0.15) is 6.04 Å². The average Bonchev–Trinajstić information content (AvgIpc) is 2.46. The summed E-state index contributed by atoms with van der Waals surface area (Å²) < 4.78 is 32.5. The van der Waals surface area contributed by atoms with Gasteiger partial charge in [-0.15, -0.1) is 0 Å². The van der Waals surface area contributed by atoms with E-state index in [4.69, 9.17) is 9.84 Å². The van der Waals surface area contributed by atoms with Crippen LogP contribution in [0.25, 0.3) is 0 Å². The molecular weight excluding hydrogens is 308 g/mol. The van der Waals surface area contributed by atoms with Gasteiger partial charge in [0.2, 0.25) is 0 Å². The molecule has 8 heteroatoms. The van der Waals surface area contributed by atoms with Gasteiger partial charge in [0.25, 0.3) is 10.2 Å². The van der Waals surface area contributed by atoms with E-state index >= 15 is 0 Å². The van der Waals surface area contributed by atoms with Gasteiger partial charge in [-0.1, -0.05) is 30.3 Å². The highest BCUT2D eigenvalue weighted by Crippen LogP contribution is 2.04. The van der Waals surface area contributed by atoms with Gasteiger partial charge in [-0.2, -0.15) is 17.4 Å². The Bertz CT molecular complexity index is 574. The lowest BCUT2D eigenvalue weighted by atomic mass is 10.2. The molecule has 0 unspecified atom stereocenters. The Balaban J connectivity index is 2.61. The summed E-state index contributed by atoms with van der Waals surface area (Å²) in [6.07, 6.45) is 0.